The Morgan fingerprint density at radius 3 is 1.50 bits per heavy atom. The third kappa shape index (κ3) is 22.5. The monoisotopic (exact) mass is 288 g/mol. The highest BCUT2D eigenvalue weighted by Crippen LogP contribution is 2.20. The van der Waals surface area contributed by atoms with Gasteiger partial charge in [-0.2, -0.15) is 0 Å². The van der Waals surface area contributed by atoms with Gasteiger partial charge >= 0.3 is 6.16 Å². The average molecular weight is 288 g/mol. The van der Waals surface area contributed by atoms with Gasteiger partial charge in [0.25, 0.3) is 0 Å². The molecule has 0 spiro atoms. The third-order valence-electron chi connectivity index (χ3n) is 3.65. The van der Waals surface area contributed by atoms with Crippen molar-refractivity contribution in [1.82, 2.24) is 0 Å². The Bertz CT molecular complexity index is 210. The molecule has 2 atom stereocenters. The van der Waals surface area contributed by atoms with Gasteiger partial charge in [-0.15, -0.1) is 0 Å². The summed E-state index contributed by atoms with van der Waals surface area (Å²) in [5.74, 6) is 2.79. The van der Waals surface area contributed by atoms with E-state index in [1.807, 2.05) is 0 Å². The van der Waals surface area contributed by atoms with Gasteiger partial charge in [0, 0.05) is 0 Å². The first kappa shape index (κ1) is 21.6. The van der Waals surface area contributed by atoms with Gasteiger partial charge in [-0.3, -0.25) is 0 Å². The van der Waals surface area contributed by atoms with Crippen LogP contribution in [0.5, 0.6) is 0 Å². The van der Waals surface area contributed by atoms with Gasteiger partial charge in [-0.25, -0.2) is 4.79 Å². The van der Waals surface area contributed by atoms with Crippen molar-refractivity contribution < 1.29 is 15.0 Å². The van der Waals surface area contributed by atoms with Crippen molar-refractivity contribution in [1.29, 1.82) is 0 Å². The molecule has 2 N–H and O–H groups in total. The maximum Gasteiger partial charge on any atom is 0.503 e. The second-order valence-corrected chi connectivity index (χ2v) is 6.54. The molecule has 0 aliphatic carbocycles. The summed E-state index contributed by atoms with van der Waals surface area (Å²) in [7, 11) is 0. The molecule has 0 bridgehead atoms. The minimum absolute atomic E-state index is 0.886. The van der Waals surface area contributed by atoms with E-state index in [4.69, 9.17) is 15.0 Å². The molecule has 0 radical (unpaired) electrons. The Morgan fingerprint density at radius 1 is 0.800 bits per heavy atom. The molecular weight excluding hydrogens is 252 g/mol. The van der Waals surface area contributed by atoms with Crippen molar-refractivity contribution >= 4 is 6.16 Å². The maximum atomic E-state index is 8.56. The average Bonchev–Trinajstić information content (AvgIpc) is 2.28. The van der Waals surface area contributed by atoms with E-state index in [0.717, 1.165) is 17.8 Å². The van der Waals surface area contributed by atoms with Crippen LogP contribution in [0.3, 0.4) is 0 Å². The van der Waals surface area contributed by atoms with Crippen LogP contribution in [0.25, 0.3) is 0 Å². The minimum atomic E-state index is -1.83. The summed E-state index contributed by atoms with van der Waals surface area (Å²) in [5, 5.41) is 13.9. The molecular formula is C17H36O3. The van der Waals surface area contributed by atoms with Gasteiger partial charge < -0.3 is 10.2 Å². The molecule has 0 fully saturated rings. The lowest BCUT2D eigenvalue weighted by molar-refractivity contribution is 0.137. The lowest BCUT2D eigenvalue weighted by Crippen LogP contribution is -1.99. The van der Waals surface area contributed by atoms with Gasteiger partial charge in [0.1, 0.15) is 0 Å². The maximum absolute atomic E-state index is 8.56. The van der Waals surface area contributed by atoms with Crippen molar-refractivity contribution in [2.75, 3.05) is 0 Å². The number of rotatable bonds is 10. The van der Waals surface area contributed by atoms with Crippen LogP contribution in [0, 0.1) is 17.8 Å². The Hall–Kier alpha value is -0.730. The SMILES string of the molecule is CCC[C@@H](C)CCC[C@H](C)CCCC(C)C.O=C(O)O. The zero-order valence-electron chi connectivity index (χ0n) is 14.2. The lowest BCUT2D eigenvalue weighted by atomic mass is 9.92. The topological polar surface area (TPSA) is 57.5 Å². The minimum Gasteiger partial charge on any atom is -0.450 e. The normalized spacial score (nSPS) is 13.5. The van der Waals surface area contributed by atoms with Crippen LogP contribution < -0.4 is 0 Å². The Morgan fingerprint density at radius 2 is 1.15 bits per heavy atom. The summed E-state index contributed by atoms with van der Waals surface area (Å²) in [6.45, 7) is 11.8. The smallest absolute Gasteiger partial charge is 0.450 e. The van der Waals surface area contributed by atoms with Crippen LogP contribution in [0.15, 0.2) is 0 Å². The van der Waals surface area contributed by atoms with Gasteiger partial charge in [-0.05, 0) is 17.8 Å². The van der Waals surface area contributed by atoms with E-state index in [2.05, 4.69) is 34.6 Å². The molecule has 0 aromatic carbocycles. The number of carboxylic acid groups (broad SMARTS) is 2. The van der Waals surface area contributed by atoms with Crippen LogP contribution in [0.4, 0.5) is 4.79 Å². The quantitative estimate of drug-likeness (QED) is 0.497. The summed E-state index contributed by atoms with van der Waals surface area (Å²) in [6, 6.07) is 0. The van der Waals surface area contributed by atoms with Crippen molar-refractivity contribution in [3.8, 4) is 0 Å². The van der Waals surface area contributed by atoms with E-state index in [-0.39, 0.29) is 0 Å². The summed E-state index contributed by atoms with van der Waals surface area (Å²) < 4.78 is 0. The molecule has 0 rings (SSSR count). The fourth-order valence-corrected chi connectivity index (χ4v) is 2.47. The molecule has 0 amide bonds. The van der Waals surface area contributed by atoms with Crippen molar-refractivity contribution in [3.63, 3.8) is 0 Å². The van der Waals surface area contributed by atoms with Gasteiger partial charge in [0.15, 0.2) is 0 Å². The summed E-state index contributed by atoms with van der Waals surface area (Å²) >= 11 is 0. The van der Waals surface area contributed by atoms with E-state index in [9.17, 15) is 0 Å². The zero-order chi connectivity index (χ0) is 16.0. The first-order chi connectivity index (χ1) is 9.29. The fraction of sp³-hybridized carbons (Fsp3) is 0.941. The Kier molecular flexibility index (Phi) is 15.8. The Balaban J connectivity index is 0. The fourth-order valence-electron chi connectivity index (χ4n) is 2.47. The van der Waals surface area contributed by atoms with E-state index in [1.54, 1.807) is 0 Å². The molecule has 0 aliphatic rings. The van der Waals surface area contributed by atoms with Gasteiger partial charge in [0.2, 0.25) is 0 Å². The molecule has 0 heterocycles. The zero-order valence-corrected chi connectivity index (χ0v) is 14.2. The summed E-state index contributed by atoms with van der Waals surface area (Å²) in [6.07, 6.45) is 9.58. The summed E-state index contributed by atoms with van der Waals surface area (Å²) in [4.78, 5) is 8.56. The van der Waals surface area contributed by atoms with E-state index >= 15 is 0 Å². The molecule has 0 aliphatic heterocycles. The van der Waals surface area contributed by atoms with Crippen molar-refractivity contribution in [2.45, 2.75) is 86.0 Å². The standard InChI is InChI=1S/C16H34.CH2O3/c1-6-9-15(4)12-8-13-16(5)11-7-10-14(2)3;2-1(3)4/h14-16H,6-13H2,1-5H3;(H2,2,3,4)/t15-,16-;/m1./s1. The molecule has 0 aromatic heterocycles. The number of hydrogen-bond acceptors (Lipinski definition) is 1. The molecule has 3 heteroatoms. The van der Waals surface area contributed by atoms with E-state index in [1.165, 1.54) is 51.4 Å². The lowest BCUT2D eigenvalue weighted by Gasteiger charge is -2.14. The van der Waals surface area contributed by atoms with Gasteiger partial charge in [0.05, 0.1) is 0 Å². The van der Waals surface area contributed by atoms with Gasteiger partial charge in [-0.1, -0.05) is 86.0 Å². The number of carbonyl (C=O) groups is 1. The highest BCUT2D eigenvalue weighted by atomic mass is 16.6. The largest absolute Gasteiger partial charge is 0.503 e. The van der Waals surface area contributed by atoms with Crippen molar-refractivity contribution in [2.24, 2.45) is 17.8 Å². The van der Waals surface area contributed by atoms with E-state index in [0.29, 0.717) is 0 Å². The molecule has 0 aromatic rings. The Labute approximate surface area is 125 Å². The second-order valence-electron chi connectivity index (χ2n) is 6.54. The van der Waals surface area contributed by atoms with E-state index < -0.39 is 6.16 Å². The molecule has 20 heavy (non-hydrogen) atoms. The molecule has 0 saturated carbocycles. The second kappa shape index (κ2) is 14.7. The third-order valence-corrected chi connectivity index (χ3v) is 3.65. The molecule has 122 valence electrons. The van der Waals surface area contributed by atoms with Crippen molar-refractivity contribution in [3.05, 3.63) is 0 Å². The summed E-state index contributed by atoms with van der Waals surface area (Å²) in [5.41, 5.74) is 0. The highest BCUT2D eigenvalue weighted by Gasteiger charge is 2.05. The first-order valence-electron chi connectivity index (χ1n) is 8.21. The van der Waals surface area contributed by atoms with Crippen LogP contribution in [0.1, 0.15) is 86.0 Å². The van der Waals surface area contributed by atoms with Crippen LogP contribution in [-0.2, 0) is 0 Å². The van der Waals surface area contributed by atoms with Crippen LogP contribution >= 0.6 is 0 Å². The molecule has 0 saturated heterocycles. The molecule has 0 unspecified atom stereocenters. The first-order valence-corrected chi connectivity index (χ1v) is 8.21. The van der Waals surface area contributed by atoms with Crippen LogP contribution in [-0.4, -0.2) is 16.4 Å². The highest BCUT2D eigenvalue weighted by molar-refractivity contribution is 5.53. The van der Waals surface area contributed by atoms with Crippen LogP contribution in [0.2, 0.25) is 0 Å². The predicted molar refractivity (Wildman–Crippen MR) is 86.4 cm³/mol. The molecule has 3 nitrogen and oxygen atoms in total. The predicted octanol–water partition coefficient (Wildman–Crippen LogP) is 6.28. The number of hydrogen-bond donors (Lipinski definition) is 2.